The van der Waals surface area contributed by atoms with Crippen LogP contribution in [0.25, 0.3) is 11.0 Å². The van der Waals surface area contributed by atoms with E-state index in [1.807, 2.05) is 25.2 Å². The largest absolute Gasteiger partial charge is 0.497 e. The summed E-state index contributed by atoms with van der Waals surface area (Å²) >= 11 is 2.97. The number of hydrogen-bond donors (Lipinski definition) is 2. The van der Waals surface area contributed by atoms with Gasteiger partial charge in [-0.05, 0) is 12.1 Å². The van der Waals surface area contributed by atoms with Gasteiger partial charge in [-0.25, -0.2) is 4.98 Å². The highest BCUT2D eigenvalue weighted by atomic mass is 32.2. The average Bonchev–Trinajstić information content (AvgIpc) is 3.09. The van der Waals surface area contributed by atoms with Gasteiger partial charge in [0.15, 0.2) is 5.16 Å². The second kappa shape index (κ2) is 5.68. The van der Waals surface area contributed by atoms with E-state index in [-0.39, 0.29) is 0 Å². The lowest BCUT2D eigenvalue weighted by atomic mass is 10.3. The minimum Gasteiger partial charge on any atom is -0.497 e. The molecule has 0 saturated heterocycles. The lowest BCUT2D eigenvalue weighted by Gasteiger charge is -1.97. The molecule has 0 amide bonds. The maximum Gasteiger partial charge on any atom is 0.166 e. The van der Waals surface area contributed by atoms with Crippen molar-refractivity contribution in [3.05, 3.63) is 23.9 Å². The number of aromatic amines is 1. The zero-order chi connectivity index (χ0) is 13.9. The summed E-state index contributed by atoms with van der Waals surface area (Å²) in [6, 6.07) is 5.79. The number of hydrogen-bond acceptors (Lipinski definition) is 7. The van der Waals surface area contributed by atoms with Gasteiger partial charge in [0.05, 0.1) is 18.1 Å². The number of benzene rings is 1. The van der Waals surface area contributed by atoms with Gasteiger partial charge in [-0.15, -0.1) is 5.10 Å². The monoisotopic (exact) mass is 307 g/mol. The number of fused-ring (bicyclic) bond motifs is 1. The highest BCUT2D eigenvalue weighted by molar-refractivity contribution is 7.98. The fourth-order valence-electron chi connectivity index (χ4n) is 1.79. The summed E-state index contributed by atoms with van der Waals surface area (Å²) in [4.78, 5) is 7.81. The summed E-state index contributed by atoms with van der Waals surface area (Å²) in [5.74, 6) is 1.54. The summed E-state index contributed by atoms with van der Waals surface area (Å²) in [6.45, 7) is 0. The van der Waals surface area contributed by atoms with Crippen LogP contribution in [0.15, 0.2) is 23.4 Å². The maximum atomic E-state index is 5.20. The van der Waals surface area contributed by atoms with Crippen molar-refractivity contribution in [2.24, 2.45) is 0 Å². The fourth-order valence-corrected chi connectivity index (χ4v) is 3.23. The van der Waals surface area contributed by atoms with Crippen LogP contribution >= 0.6 is 23.3 Å². The molecule has 6 nitrogen and oxygen atoms in total. The molecule has 3 aromatic rings. The molecular formula is C12H13N5OS2. The molecule has 0 unspecified atom stereocenters. The number of thioether (sulfide) groups is 1. The first kappa shape index (κ1) is 13.2. The third-order valence-electron chi connectivity index (χ3n) is 2.80. The zero-order valence-corrected chi connectivity index (χ0v) is 12.6. The van der Waals surface area contributed by atoms with Gasteiger partial charge < -0.3 is 15.0 Å². The van der Waals surface area contributed by atoms with Crippen LogP contribution in [0.1, 0.15) is 5.69 Å². The van der Waals surface area contributed by atoms with Crippen LogP contribution in [0.2, 0.25) is 0 Å². The molecule has 0 aliphatic heterocycles. The van der Waals surface area contributed by atoms with Gasteiger partial charge in [-0.2, -0.15) is 0 Å². The quantitative estimate of drug-likeness (QED) is 0.706. The van der Waals surface area contributed by atoms with Crippen LogP contribution in [0, 0.1) is 0 Å². The molecule has 1 aromatic carbocycles. The molecule has 2 N–H and O–H groups in total. The van der Waals surface area contributed by atoms with E-state index in [0.29, 0.717) is 0 Å². The third kappa shape index (κ3) is 2.56. The van der Waals surface area contributed by atoms with Gasteiger partial charge >= 0.3 is 0 Å². The molecule has 0 saturated carbocycles. The Morgan fingerprint density at radius 3 is 3.15 bits per heavy atom. The molecule has 0 aliphatic carbocycles. The van der Waals surface area contributed by atoms with Crippen molar-refractivity contribution in [2.45, 2.75) is 10.9 Å². The second-order valence-electron chi connectivity index (χ2n) is 4.01. The van der Waals surface area contributed by atoms with Gasteiger partial charge in [0.2, 0.25) is 0 Å². The number of anilines is 1. The molecule has 0 aliphatic rings. The van der Waals surface area contributed by atoms with Crippen LogP contribution in [-0.4, -0.2) is 33.7 Å². The van der Waals surface area contributed by atoms with Crippen molar-refractivity contribution in [1.29, 1.82) is 0 Å². The minimum absolute atomic E-state index is 0.726. The highest BCUT2D eigenvalue weighted by Crippen LogP contribution is 2.27. The van der Waals surface area contributed by atoms with E-state index in [1.165, 1.54) is 11.5 Å². The number of aromatic nitrogens is 4. The Morgan fingerprint density at radius 1 is 1.45 bits per heavy atom. The van der Waals surface area contributed by atoms with E-state index in [1.54, 1.807) is 18.9 Å². The van der Waals surface area contributed by atoms with E-state index in [2.05, 4.69) is 24.9 Å². The summed E-state index contributed by atoms with van der Waals surface area (Å²) in [5, 5.41) is 9.05. The summed E-state index contributed by atoms with van der Waals surface area (Å²) < 4.78 is 9.14. The number of methoxy groups -OCH3 is 1. The smallest absolute Gasteiger partial charge is 0.166 e. The predicted octanol–water partition coefficient (Wildman–Crippen LogP) is 2.76. The molecule has 2 heterocycles. The Morgan fingerprint density at radius 2 is 2.35 bits per heavy atom. The molecule has 20 heavy (non-hydrogen) atoms. The number of nitrogens with one attached hydrogen (secondary N) is 2. The minimum atomic E-state index is 0.726. The first-order valence-electron chi connectivity index (χ1n) is 5.95. The first-order chi connectivity index (χ1) is 9.80. The van der Waals surface area contributed by atoms with Crippen LogP contribution in [0.3, 0.4) is 0 Å². The van der Waals surface area contributed by atoms with E-state index < -0.39 is 0 Å². The topological polar surface area (TPSA) is 75.7 Å². The number of H-pyrrole nitrogens is 1. The predicted molar refractivity (Wildman–Crippen MR) is 81.7 cm³/mol. The molecule has 0 bridgehead atoms. The van der Waals surface area contributed by atoms with Crippen molar-refractivity contribution in [3.8, 4) is 5.75 Å². The Kier molecular flexibility index (Phi) is 3.75. The molecule has 2 aromatic heterocycles. The van der Waals surface area contributed by atoms with E-state index in [9.17, 15) is 0 Å². The van der Waals surface area contributed by atoms with Gasteiger partial charge in [0.1, 0.15) is 16.4 Å². The summed E-state index contributed by atoms with van der Waals surface area (Å²) in [5.41, 5.74) is 2.84. The van der Waals surface area contributed by atoms with Crippen molar-refractivity contribution < 1.29 is 4.74 Å². The highest BCUT2D eigenvalue weighted by Gasteiger charge is 2.09. The van der Waals surface area contributed by atoms with Crippen LogP contribution < -0.4 is 10.1 Å². The molecule has 3 rings (SSSR count). The van der Waals surface area contributed by atoms with Crippen LogP contribution in [-0.2, 0) is 5.75 Å². The normalized spacial score (nSPS) is 10.9. The van der Waals surface area contributed by atoms with Gasteiger partial charge in [-0.1, -0.05) is 16.3 Å². The second-order valence-corrected chi connectivity index (χ2v) is 5.73. The van der Waals surface area contributed by atoms with Crippen LogP contribution in [0.5, 0.6) is 5.75 Å². The van der Waals surface area contributed by atoms with E-state index >= 15 is 0 Å². The molecule has 104 valence electrons. The molecule has 0 radical (unpaired) electrons. The van der Waals surface area contributed by atoms with Gasteiger partial charge in [0.25, 0.3) is 0 Å². The SMILES string of the molecule is CNc1snnc1CSc1nc2ccc(OC)cc2[nH]1. The fraction of sp³-hybridized carbons (Fsp3) is 0.250. The summed E-state index contributed by atoms with van der Waals surface area (Å²) in [6.07, 6.45) is 0. The number of ether oxygens (including phenoxy) is 1. The molecular weight excluding hydrogens is 294 g/mol. The standard InChI is InChI=1S/C12H13N5OS2/c1-13-11-10(16-17-20-11)6-19-12-14-8-4-3-7(18-2)5-9(8)15-12/h3-5,13H,6H2,1-2H3,(H,14,15). The average molecular weight is 307 g/mol. The van der Waals surface area contributed by atoms with Crippen molar-refractivity contribution in [3.63, 3.8) is 0 Å². The van der Waals surface area contributed by atoms with Crippen molar-refractivity contribution in [2.75, 3.05) is 19.5 Å². The maximum absolute atomic E-state index is 5.20. The molecule has 0 fully saturated rings. The third-order valence-corrected chi connectivity index (χ3v) is 4.47. The van der Waals surface area contributed by atoms with Gasteiger partial charge in [0, 0.05) is 30.4 Å². The van der Waals surface area contributed by atoms with Crippen molar-refractivity contribution in [1.82, 2.24) is 19.6 Å². The lowest BCUT2D eigenvalue weighted by Crippen LogP contribution is -1.90. The van der Waals surface area contributed by atoms with Crippen LogP contribution in [0.4, 0.5) is 5.00 Å². The number of imidazole rings is 1. The molecule has 8 heteroatoms. The number of nitrogens with zero attached hydrogens (tertiary/aromatic N) is 3. The number of rotatable bonds is 5. The molecule has 0 atom stereocenters. The Balaban J connectivity index is 1.77. The Labute approximate surface area is 124 Å². The zero-order valence-electron chi connectivity index (χ0n) is 11.0. The van der Waals surface area contributed by atoms with Crippen molar-refractivity contribution >= 4 is 39.3 Å². The Hall–Kier alpha value is -1.80. The van der Waals surface area contributed by atoms with Gasteiger partial charge in [-0.3, -0.25) is 0 Å². The lowest BCUT2D eigenvalue weighted by molar-refractivity contribution is 0.415. The summed E-state index contributed by atoms with van der Waals surface area (Å²) in [7, 11) is 3.53. The van der Waals surface area contributed by atoms with E-state index in [0.717, 1.165) is 38.4 Å². The first-order valence-corrected chi connectivity index (χ1v) is 7.71. The van der Waals surface area contributed by atoms with E-state index in [4.69, 9.17) is 4.74 Å². The molecule has 0 spiro atoms. The Bertz CT molecular complexity index is 724.